The molecule has 1 saturated heterocycles. The van der Waals surface area contributed by atoms with E-state index in [1.165, 1.54) is 0 Å². The molecule has 3 nitrogen and oxygen atoms in total. The quantitative estimate of drug-likeness (QED) is 0.861. The van der Waals surface area contributed by atoms with Crippen molar-refractivity contribution >= 4 is 23.2 Å². The molecular formula is C12H17Cl2N3. The molecule has 0 aliphatic carbocycles. The molecule has 2 rings (SSSR count). The molecule has 1 aromatic heterocycles. The summed E-state index contributed by atoms with van der Waals surface area (Å²) in [6, 6.07) is 4.28. The second-order valence-electron chi connectivity index (χ2n) is 4.70. The van der Waals surface area contributed by atoms with Crippen LogP contribution in [0.5, 0.6) is 0 Å². The Balaban J connectivity index is 2.06. The van der Waals surface area contributed by atoms with Crippen molar-refractivity contribution in [3.63, 3.8) is 0 Å². The van der Waals surface area contributed by atoms with Crippen LogP contribution in [0.1, 0.15) is 18.9 Å². The lowest BCUT2D eigenvalue weighted by atomic mass is 10.1. The second-order valence-corrected chi connectivity index (χ2v) is 5.45. The minimum absolute atomic E-state index is 0.438. The molecule has 2 unspecified atom stereocenters. The average molecular weight is 274 g/mol. The van der Waals surface area contributed by atoms with Crippen molar-refractivity contribution in [2.75, 3.05) is 13.1 Å². The molecular weight excluding hydrogens is 257 g/mol. The number of hydrogen-bond donors (Lipinski definition) is 1. The van der Waals surface area contributed by atoms with Gasteiger partial charge in [-0.05, 0) is 31.9 Å². The highest BCUT2D eigenvalue weighted by Crippen LogP contribution is 2.26. The van der Waals surface area contributed by atoms with E-state index in [0.29, 0.717) is 22.3 Å². The van der Waals surface area contributed by atoms with E-state index < -0.39 is 0 Å². The number of halogens is 2. The van der Waals surface area contributed by atoms with Gasteiger partial charge in [0.25, 0.3) is 0 Å². The zero-order valence-electron chi connectivity index (χ0n) is 9.87. The van der Waals surface area contributed by atoms with Gasteiger partial charge in [-0.1, -0.05) is 29.3 Å². The zero-order valence-corrected chi connectivity index (χ0v) is 11.4. The summed E-state index contributed by atoms with van der Waals surface area (Å²) in [6.45, 7) is 4.84. The minimum atomic E-state index is 0.438. The van der Waals surface area contributed by atoms with Crippen LogP contribution in [-0.2, 0) is 6.54 Å². The predicted molar refractivity (Wildman–Crippen MR) is 71.3 cm³/mol. The molecule has 1 aromatic rings. The Kier molecular flexibility index (Phi) is 4.26. The molecule has 0 aromatic carbocycles. The van der Waals surface area contributed by atoms with Gasteiger partial charge in [-0.25, -0.2) is 4.98 Å². The average Bonchev–Trinajstić information content (AvgIpc) is 2.64. The van der Waals surface area contributed by atoms with Gasteiger partial charge in [0.05, 0.1) is 0 Å². The van der Waals surface area contributed by atoms with Crippen LogP contribution in [0, 0.1) is 5.92 Å². The molecule has 5 heteroatoms. The van der Waals surface area contributed by atoms with Crippen molar-refractivity contribution < 1.29 is 0 Å². The monoisotopic (exact) mass is 273 g/mol. The van der Waals surface area contributed by atoms with Crippen LogP contribution in [0.15, 0.2) is 12.1 Å². The van der Waals surface area contributed by atoms with Gasteiger partial charge in [0.2, 0.25) is 0 Å². The minimum Gasteiger partial charge on any atom is -0.330 e. The van der Waals surface area contributed by atoms with Gasteiger partial charge in [-0.3, -0.25) is 4.90 Å². The molecule has 0 amide bonds. The summed E-state index contributed by atoms with van der Waals surface area (Å²) in [6.07, 6.45) is 1.16. The fraction of sp³-hybridized carbons (Fsp3) is 0.583. The molecule has 2 N–H and O–H groups in total. The van der Waals surface area contributed by atoms with E-state index in [1.54, 1.807) is 6.07 Å². The highest BCUT2D eigenvalue weighted by molar-refractivity contribution is 6.32. The third-order valence-corrected chi connectivity index (χ3v) is 3.93. The van der Waals surface area contributed by atoms with Gasteiger partial charge >= 0.3 is 0 Å². The topological polar surface area (TPSA) is 42.1 Å². The number of hydrogen-bond acceptors (Lipinski definition) is 3. The summed E-state index contributed by atoms with van der Waals surface area (Å²) in [7, 11) is 0. The summed E-state index contributed by atoms with van der Waals surface area (Å²) >= 11 is 11.9. The third-order valence-electron chi connectivity index (χ3n) is 3.39. The van der Waals surface area contributed by atoms with Gasteiger partial charge in [-0.2, -0.15) is 0 Å². The van der Waals surface area contributed by atoms with Crippen LogP contribution in [0.4, 0.5) is 0 Å². The molecule has 0 radical (unpaired) electrons. The van der Waals surface area contributed by atoms with Gasteiger partial charge in [0, 0.05) is 24.7 Å². The number of rotatable bonds is 3. The second kappa shape index (κ2) is 5.53. The standard InChI is InChI=1S/C12H17Cl2N3/c1-8-4-9(5-15)6-17(8)7-10-2-3-11(13)16-12(10)14/h2-3,8-9H,4-7,15H2,1H3. The number of nitrogens with zero attached hydrogens (tertiary/aromatic N) is 2. The van der Waals surface area contributed by atoms with E-state index in [1.807, 2.05) is 6.07 Å². The van der Waals surface area contributed by atoms with Crippen molar-refractivity contribution in [1.82, 2.24) is 9.88 Å². The molecule has 17 heavy (non-hydrogen) atoms. The number of pyridine rings is 1. The lowest BCUT2D eigenvalue weighted by molar-refractivity contribution is 0.255. The molecule has 2 atom stereocenters. The summed E-state index contributed by atoms with van der Waals surface area (Å²) in [5.74, 6) is 0.601. The SMILES string of the molecule is CC1CC(CN)CN1Cc1ccc(Cl)nc1Cl. The summed E-state index contributed by atoms with van der Waals surface area (Å²) < 4.78 is 0. The molecule has 94 valence electrons. The number of likely N-dealkylation sites (tertiary alicyclic amines) is 1. The Labute approximate surface area is 112 Å². The van der Waals surface area contributed by atoms with Crippen molar-refractivity contribution in [2.24, 2.45) is 11.7 Å². The fourth-order valence-electron chi connectivity index (χ4n) is 2.39. The summed E-state index contributed by atoms with van der Waals surface area (Å²) in [5.41, 5.74) is 6.75. The van der Waals surface area contributed by atoms with E-state index in [-0.39, 0.29) is 0 Å². The molecule has 1 aliphatic rings. The Morgan fingerprint density at radius 1 is 1.47 bits per heavy atom. The largest absolute Gasteiger partial charge is 0.330 e. The van der Waals surface area contributed by atoms with E-state index in [4.69, 9.17) is 28.9 Å². The van der Waals surface area contributed by atoms with Gasteiger partial charge in [-0.15, -0.1) is 0 Å². The van der Waals surface area contributed by atoms with Crippen LogP contribution in [0.2, 0.25) is 10.3 Å². The molecule has 0 saturated carbocycles. The highest BCUT2D eigenvalue weighted by atomic mass is 35.5. The van der Waals surface area contributed by atoms with E-state index >= 15 is 0 Å². The maximum atomic E-state index is 6.08. The van der Waals surface area contributed by atoms with E-state index in [9.17, 15) is 0 Å². The summed E-state index contributed by atoms with van der Waals surface area (Å²) in [5, 5.41) is 0.939. The lowest BCUT2D eigenvalue weighted by Gasteiger charge is -2.21. The van der Waals surface area contributed by atoms with Crippen LogP contribution >= 0.6 is 23.2 Å². The smallest absolute Gasteiger partial charge is 0.135 e. The van der Waals surface area contributed by atoms with Crippen molar-refractivity contribution in [3.05, 3.63) is 28.0 Å². The van der Waals surface area contributed by atoms with Crippen molar-refractivity contribution in [1.29, 1.82) is 0 Å². The Morgan fingerprint density at radius 3 is 2.82 bits per heavy atom. The molecule has 1 fully saturated rings. The molecule has 2 heterocycles. The maximum Gasteiger partial charge on any atom is 0.135 e. The molecule has 0 bridgehead atoms. The van der Waals surface area contributed by atoms with Gasteiger partial charge in [0.1, 0.15) is 10.3 Å². The van der Waals surface area contributed by atoms with Gasteiger partial charge < -0.3 is 5.73 Å². The maximum absolute atomic E-state index is 6.08. The van der Waals surface area contributed by atoms with Crippen LogP contribution < -0.4 is 5.73 Å². The van der Waals surface area contributed by atoms with Crippen LogP contribution in [-0.4, -0.2) is 29.0 Å². The number of nitrogens with two attached hydrogens (primary N) is 1. The van der Waals surface area contributed by atoms with Crippen molar-refractivity contribution in [3.8, 4) is 0 Å². The first-order chi connectivity index (χ1) is 8.10. The third kappa shape index (κ3) is 3.10. The Hall–Kier alpha value is -0.350. The zero-order chi connectivity index (χ0) is 12.4. The fourth-order valence-corrected chi connectivity index (χ4v) is 2.79. The Bertz CT molecular complexity index is 397. The highest BCUT2D eigenvalue weighted by Gasteiger charge is 2.28. The summed E-state index contributed by atoms with van der Waals surface area (Å²) in [4.78, 5) is 6.46. The molecule has 0 spiro atoms. The van der Waals surface area contributed by atoms with E-state index in [2.05, 4.69) is 16.8 Å². The lowest BCUT2D eigenvalue weighted by Crippen LogP contribution is -2.27. The Morgan fingerprint density at radius 2 is 2.24 bits per heavy atom. The van der Waals surface area contributed by atoms with E-state index in [0.717, 1.165) is 31.6 Å². The van der Waals surface area contributed by atoms with Gasteiger partial charge in [0.15, 0.2) is 0 Å². The number of aromatic nitrogens is 1. The predicted octanol–water partition coefficient (Wildman–Crippen LogP) is 2.56. The first-order valence-corrected chi connectivity index (χ1v) is 6.60. The van der Waals surface area contributed by atoms with Crippen LogP contribution in [0.3, 0.4) is 0 Å². The first-order valence-electron chi connectivity index (χ1n) is 5.85. The normalized spacial score (nSPS) is 25.4. The van der Waals surface area contributed by atoms with Crippen LogP contribution in [0.25, 0.3) is 0 Å². The molecule has 1 aliphatic heterocycles. The van der Waals surface area contributed by atoms with Crippen molar-refractivity contribution in [2.45, 2.75) is 25.9 Å². The first kappa shape index (κ1) is 13.1.